The van der Waals surface area contributed by atoms with Gasteiger partial charge in [-0.3, -0.25) is 4.79 Å². The lowest BCUT2D eigenvalue weighted by atomic mass is 9.97. The number of fused-ring (bicyclic) bond motifs is 1. The number of ether oxygens (including phenoxy) is 2. The van der Waals surface area contributed by atoms with Crippen LogP contribution in [0.1, 0.15) is 34.3 Å². The van der Waals surface area contributed by atoms with Gasteiger partial charge < -0.3 is 14.6 Å². The van der Waals surface area contributed by atoms with E-state index in [4.69, 9.17) is 9.47 Å². The van der Waals surface area contributed by atoms with Crippen molar-refractivity contribution < 1.29 is 23.8 Å². The molecule has 0 bridgehead atoms. The van der Waals surface area contributed by atoms with Gasteiger partial charge in [-0.05, 0) is 35.9 Å². The van der Waals surface area contributed by atoms with E-state index in [-0.39, 0.29) is 22.7 Å². The lowest BCUT2D eigenvalue weighted by molar-refractivity contribution is 0.103. The van der Waals surface area contributed by atoms with E-state index in [1.54, 1.807) is 31.2 Å². The lowest BCUT2D eigenvalue weighted by Crippen LogP contribution is -1.98. The molecule has 0 amide bonds. The number of phenols is 1. The predicted molar refractivity (Wildman–Crippen MR) is 88.3 cm³/mol. The smallest absolute Gasteiger partial charge is 0.193 e. The molecule has 0 saturated heterocycles. The molecule has 124 valence electrons. The molecule has 0 fully saturated rings. The van der Waals surface area contributed by atoms with E-state index in [0.29, 0.717) is 22.6 Å². The average Bonchev–Trinajstić information content (AvgIpc) is 2.83. The molecule has 4 nitrogen and oxygen atoms in total. The zero-order chi connectivity index (χ0) is 17.4. The second kappa shape index (κ2) is 6.00. The van der Waals surface area contributed by atoms with Gasteiger partial charge in [0.1, 0.15) is 23.1 Å². The first kappa shape index (κ1) is 16.1. The third-order valence-corrected chi connectivity index (χ3v) is 4.26. The minimum absolute atomic E-state index is 0.0450. The van der Waals surface area contributed by atoms with E-state index in [2.05, 4.69) is 0 Å². The van der Waals surface area contributed by atoms with Gasteiger partial charge in [0.15, 0.2) is 5.78 Å². The van der Waals surface area contributed by atoms with Crippen LogP contribution in [0.3, 0.4) is 0 Å². The van der Waals surface area contributed by atoms with Gasteiger partial charge in [0.2, 0.25) is 0 Å². The zero-order valence-electron chi connectivity index (χ0n) is 13.6. The summed E-state index contributed by atoms with van der Waals surface area (Å²) in [5.74, 6) is -0.324. The van der Waals surface area contributed by atoms with Crippen molar-refractivity contribution in [2.75, 3.05) is 14.2 Å². The van der Waals surface area contributed by atoms with E-state index >= 15 is 0 Å². The van der Waals surface area contributed by atoms with Crippen LogP contribution in [0.5, 0.6) is 17.2 Å². The van der Waals surface area contributed by atoms with Crippen LogP contribution in [-0.4, -0.2) is 25.1 Å². The summed E-state index contributed by atoms with van der Waals surface area (Å²) in [6, 6.07) is 7.62. The van der Waals surface area contributed by atoms with Gasteiger partial charge in [-0.25, -0.2) is 4.39 Å². The Balaban J connectivity index is 2.12. The van der Waals surface area contributed by atoms with Crippen LogP contribution in [0.2, 0.25) is 0 Å². The Bertz CT molecular complexity index is 832. The van der Waals surface area contributed by atoms with Gasteiger partial charge >= 0.3 is 0 Å². The second-order valence-electron chi connectivity index (χ2n) is 5.65. The van der Waals surface area contributed by atoms with E-state index in [1.807, 2.05) is 0 Å². The maximum absolute atomic E-state index is 14.1. The summed E-state index contributed by atoms with van der Waals surface area (Å²) >= 11 is 0. The molecule has 1 atom stereocenters. The molecule has 0 aromatic heterocycles. The standard InChI is InChI=1S/C19H17FO4/c1-10-14(8-11-6-12(23-2)9-13(7-11)24-3)19(22)18-16(21)5-4-15(20)17(10)18/h4-10,21H,1-3H3/b14-8-. The Morgan fingerprint density at radius 1 is 1.12 bits per heavy atom. The average molecular weight is 328 g/mol. The number of aromatic hydroxyl groups is 1. The van der Waals surface area contributed by atoms with Crippen molar-refractivity contribution in [1.29, 1.82) is 0 Å². The summed E-state index contributed by atoms with van der Waals surface area (Å²) < 4.78 is 24.6. The molecule has 1 unspecified atom stereocenters. The molecule has 3 rings (SSSR count). The van der Waals surface area contributed by atoms with E-state index in [1.165, 1.54) is 26.4 Å². The highest BCUT2D eigenvalue weighted by atomic mass is 19.1. The maximum Gasteiger partial charge on any atom is 0.193 e. The number of allylic oxidation sites excluding steroid dienone is 1. The Morgan fingerprint density at radius 2 is 1.75 bits per heavy atom. The molecule has 0 heterocycles. The monoisotopic (exact) mass is 328 g/mol. The van der Waals surface area contributed by atoms with Crippen LogP contribution < -0.4 is 9.47 Å². The molecule has 2 aromatic carbocycles. The zero-order valence-corrected chi connectivity index (χ0v) is 13.6. The highest BCUT2D eigenvalue weighted by molar-refractivity contribution is 6.18. The van der Waals surface area contributed by atoms with Crippen molar-refractivity contribution in [2.45, 2.75) is 12.8 Å². The highest BCUT2D eigenvalue weighted by Crippen LogP contribution is 2.43. The van der Waals surface area contributed by atoms with Crippen LogP contribution >= 0.6 is 0 Å². The number of carbonyl (C=O) groups is 1. The van der Waals surface area contributed by atoms with E-state index in [0.717, 1.165) is 0 Å². The second-order valence-corrected chi connectivity index (χ2v) is 5.65. The third-order valence-electron chi connectivity index (χ3n) is 4.26. The van der Waals surface area contributed by atoms with Crippen LogP contribution in [0, 0.1) is 5.82 Å². The van der Waals surface area contributed by atoms with Gasteiger partial charge in [0, 0.05) is 23.1 Å². The minimum atomic E-state index is -0.490. The Kier molecular flexibility index (Phi) is 4.01. The summed E-state index contributed by atoms with van der Waals surface area (Å²) in [5.41, 5.74) is 1.40. The number of phenolic OH excluding ortho intramolecular Hbond substituents is 1. The first-order chi connectivity index (χ1) is 11.5. The predicted octanol–water partition coefficient (Wildman–Crippen LogP) is 3.93. The molecule has 0 spiro atoms. The molecular weight excluding hydrogens is 311 g/mol. The van der Waals surface area contributed by atoms with Crippen LogP contribution in [-0.2, 0) is 0 Å². The molecular formula is C19H17FO4. The fraction of sp³-hybridized carbons (Fsp3) is 0.211. The highest BCUT2D eigenvalue weighted by Gasteiger charge is 2.36. The third kappa shape index (κ3) is 2.52. The van der Waals surface area contributed by atoms with Gasteiger partial charge in [-0.15, -0.1) is 0 Å². The van der Waals surface area contributed by atoms with Crippen molar-refractivity contribution in [3.05, 3.63) is 58.4 Å². The van der Waals surface area contributed by atoms with Gasteiger partial charge in [-0.1, -0.05) is 6.92 Å². The molecule has 0 saturated carbocycles. The number of methoxy groups -OCH3 is 2. The quantitative estimate of drug-likeness (QED) is 0.867. The maximum atomic E-state index is 14.1. The van der Waals surface area contributed by atoms with E-state index < -0.39 is 11.7 Å². The lowest BCUT2D eigenvalue weighted by Gasteiger charge is -2.09. The van der Waals surface area contributed by atoms with Gasteiger partial charge in [0.25, 0.3) is 0 Å². The first-order valence-corrected chi connectivity index (χ1v) is 7.47. The Morgan fingerprint density at radius 3 is 2.29 bits per heavy atom. The first-order valence-electron chi connectivity index (χ1n) is 7.47. The topological polar surface area (TPSA) is 55.8 Å². The van der Waals surface area contributed by atoms with Crippen molar-refractivity contribution in [1.82, 2.24) is 0 Å². The van der Waals surface area contributed by atoms with Gasteiger partial charge in [0.05, 0.1) is 19.8 Å². The molecule has 0 aliphatic heterocycles. The summed E-state index contributed by atoms with van der Waals surface area (Å²) in [6.07, 6.45) is 1.68. The molecule has 1 N–H and O–H groups in total. The summed E-state index contributed by atoms with van der Waals surface area (Å²) in [7, 11) is 3.08. The largest absolute Gasteiger partial charge is 0.507 e. The molecule has 0 radical (unpaired) electrons. The fourth-order valence-electron chi connectivity index (χ4n) is 3.02. The minimum Gasteiger partial charge on any atom is -0.507 e. The van der Waals surface area contributed by atoms with Crippen molar-refractivity contribution >= 4 is 11.9 Å². The van der Waals surface area contributed by atoms with Crippen molar-refractivity contribution in [3.63, 3.8) is 0 Å². The number of benzene rings is 2. The number of halogens is 1. The molecule has 1 aliphatic rings. The number of rotatable bonds is 3. The Labute approximate surface area is 139 Å². The summed E-state index contributed by atoms with van der Waals surface area (Å²) in [4.78, 5) is 12.6. The number of carbonyl (C=O) groups excluding carboxylic acids is 1. The SMILES string of the molecule is COc1cc(/C=C2\C(=O)c3c(O)ccc(F)c3C2C)cc(OC)c1. The Hall–Kier alpha value is -2.82. The van der Waals surface area contributed by atoms with E-state index in [9.17, 15) is 14.3 Å². The number of ketones is 1. The van der Waals surface area contributed by atoms with Gasteiger partial charge in [-0.2, -0.15) is 0 Å². The van der Waals surface area contributed by atoms with Crippen molar-refractivity contribution in [2.24, 2.45) is 0 Å². The number of Topliss-reactive ketones (excluding diaryl/α,β-unsaturated/α-hetero) is 1. The summed E-state index contributed by atoms with van der Waals surface area (Å²) in [5, 5.41) is 9.94. The normalized spacial score (nSPS) is 17.9. The van der Waals surface area contributed by atoms with Crippen LogP contribution in [0.4, 0.5) is 4.39 Å². The summed E-state index contributed by atoms with van der Waals surface area (Å²) in [6.45, 7) is 1.75. The molecule has 2 aromatic rings. The van der Waals surface area contributed by atoms with Crippen molar-refractivity contribution in [3.8, 4) is 17.2 Å². The molecule has 5 heteroatoms. The van der Waals surface area contributed by atoms with Crippen LogP contribution in [0.25, 0.3) is 6.08 Å². The number of hydrogen-bond donors (Lipinski definition) is 1. The van der Waals surface area contributed by atoms with Crippen LogP contribution in [0.15, 0.2) is 35.9 Å². The number of hydrogen-bond acceptors (Lipinski definition) is 4. The fourth-order valence-corrected chi connectivity index (χ4v) is 3.02. The molecule has 1 aliphatic carbocycles. The molecule has 24 heavy (non-hydrogen) atoms.